The minimum Gasteiger partial charge on any atom is -0.462 e. The third-order valence-corrected chi connectivity index (χ3v) is 4.55. The molecule has 1 aliphatic heterocycles. The summed E-state index contributed by atoms with van der Waals surface area (Å²) >= 11 is 3.43. The summed E-state index contributed by atoms with van der Waals surface area (Å²) in [6.45, 7) is 3.76. The van der Waals surface area contributed by atoms with E-state index in [4.69, 9.17) is 4.74 Å². The van der Waals surface area contributed by atoms with E-state index in [0.29, 0.717) is 16.8 Å². The molecule has 0 N–H and O–H groups in total. The zero-order valence-corrected chi connectivity index (χ0v) is 16.1. The second-order valence-corrected chi connectivity index (χ2v) is 6.69. The number of nitrogens with zero attached hydrogens (tertiary/aromatic N) is 1. The molecule has 0 unspecified atom stereocenters. The normalized spacial score (nSPS) is 15.7. The van der Waals surface area contributed by atoms with Crippen LogP contribution in [0, 0.1) is 0 Å². The van der Waals surface area contributed by atoms with Crippen LogP contribution in [0.1, 0.15) is 19.4 Å². The Morgan fingerprint density at radius 2 is 1.88 bits per heavy atom. The SMILES string of the molecule is CCOC(=O)C1=C(C)N(c2ccccc2)C(=O)/C1=C\c1cccc(Br)c1. The first-order valence-corrected chi connectivity index (χ1v) is 9.07. The van der Waals surface area contributed by atoms with Crippen molar-refractivity contribution in [2.24, 2.45) is 0 Å². The Hall–Kier alpha value is -2.66. The molecule has 1 aliphatic rings. The summed E-state index contributed by atoms with van der Waals surface area (Å²) in [6.07, 6.45) is 1.73. The summed E-state index contributed by atoms with van der Waals surface area (Å²) in [7, 11) is 0. The molecule has 1 heterocycles. The van der Waals surface area contributed by atoms with Crippen molar-refractivity contribution in [1.29, 1.82) is 0 Å². The van der Waals surface area contributed by atoms with Gasteiger partial charge < -0.3 is 4.74 Å². The number of esters is 1. The van der Waals surface area contributed by atoms with Crippen LogP contribution in [0.3, 0.4) is 0 Å². The Kier molecular flexibility index (Phi) is 5.38. The van der Waals surface area contributed by atoms with Gasteiger partial charge in [-0.1, -0.05) is 46.3 Å². The van der Waals surface area contributed by atoms with E-state index in [1.807, 2.05) is 54.6 Å². The van der Waals surface area contributed by atoms with Crippen LogP contribution in [0.25, 0.3) is 6.08 Å². The Morgan fingerprint density at radius 3 is 2.54 bits per heavy atom. The largest absolute Gasteiger partial charge is 0.462 e. The first-order valence-electron chi connectivity index (χ1n) is 8.28. The lowest BCUT2D eigenvalue weighted by Crippen LogP contribution is -2.24. The van der Waals surface area contributed by atoms with Gasteiger partial charge in [0, 0.05) is 15.9 Å². The van der Waals surface area contributed by atoms with Crippen LogP contribution >= 0.6 is 15.9 Å². The molecule has 5 heteroatoms. The van der Waals surface area contributed by atoms with Gasteiger partial charge in [-0.15, -0.1) is 0 Å². The number of allylic oxidation sites excluding steroid dienone is 1. The van der Waals surface area contributed by atoms with Crippen LogP contribution in [0.15, 0.2) is 75.9 Å². The van der Waals surface area contributed by atoms with Crippen LogP contribution in [-0.4, -0.2) is 18.5 Å². The number of halogens is 1. The average molecular weight is 412 g/mol. The van der Waals surface area contributed by atoms with Crippen molar-refractivity contribution in [3.05, 3.63) is 81.5 Å². The van der Waals surface area contributed by atoms with Gasteiger partial charge in [0.2, 0.25) is 0 Å². The number of benzene rings is 2. The maximum atomic E-state index is 13.1. The standard InChI is InChI=1S/C21H18BrNO3/c1-3-26-21(25)19-14(2)23(17-10-5-4-6-11-17)20(24)18(19)13-15-8-7-9-16(22)12-15/h4-13H,3H2,1-2H3/b18-13-. The number of amides is 1. The molecule has 0 fully saturated rings. The van der Waals surface area contributed by atoms with Crippen molar-refractivity contribution in [1.82, 2.24) is 0 Å². The van der Waals surface area contributed by atoms with E-state index in [9.17, 15) is 9.59 Å². The molecule has 2 aromatic rings. The average Bonchev–Trinajstić information content (AvgIpc) is 2.86. The van der Waals surface area contributed by atoms with Gasteiger partial charge in [-0.2, -0.15) is 0 Å². The molecule has 0 saturated carbocycles. The number of carbonyl (C=O) groups is 2. The Bertz CT molecular complexity index is 916. The highest BCUT2D eigenvalue weighted by Crippen LogP contribution is 2.35. The van der Waals surface area contributed by atoms with E-state index in [1.54, 1.807) is 24.8 Å². The van der Waals surface area contributed by atoms with E-state index in [0.717, 1.165) is 15.7 Å². The van der Waals surface area contributed by atoms with Crippen molar-refractivity contribution < 1.29 is 14.3 Å². The van der Waals surface area contributed by atoms with Gasteiger partial charge in [0.15, 0.2) is 0 Å². The summed E-state index contributed by atoms with van der Waals surface area (Å²) in [4.78, 5) is 27.2. The Morgan fingerprint density at radius 1 is 1.15 bits per heavy atom. The fourth-order valence-corrected chi connectivity index (χ4v) is 3.35. The van der Waals surface area contributed by atoms with E-state index in [1.165, 1.54) is 0 Å². The third kappa shape index (κ3) is 3.48. The molecule has 1 amide bonds. The van der Waals surface area contributed by atoms with E-state index in [-0.39, 0.29) is 12.5 Å². The van der Waals surface area contributed by atoms with E-state index in [2.05, 4.69) is 15.9 Å². The maximum Gasteiger partial charge on any atom is 0.340 e. The number of carbonyl (C=O) groups excluding carboxylic acids is 2. The highest BCUT2D eigenvalue weighted by Gasteiger charge is 2.37. The van der Waals surface area contributed by atoms with Crippen molar-refractivity contribution >= 4 is 39.6 Å². The van der Waals surface area contributed by atoms with Crippen LogP contribution in [0.4, 0.5) is 5.69 Å². The molecule has 0 atom stereocenters. The van der Waals surface area contributed by atoms with Gasteiger partial charge in [0.1, 0.15) is 0 Å². The predicted octanol–water partition coefficient (Wildman–Crippen LogP) is 4.72. The summed E-state index contributed by atoms with van der Waals surface area (Å²) < 4.78 is 6.09. The number of hydrogen-bond acceptors (Lipinski definition) is 3. The minimum absolute atomic E-state index is 0.239. The first-order chi connectivity index (χ1) is 12.5. The zero-order valence-electron chi connectivity index (χ0n) is 14.5. The molecular formula is C21H18BrNO3. The lowest BCUT2D eigenvalue weighted by Gasteiger charge is -2.17. The first kappa shape index (κ1) is 18.1. The molecule has 0 aliphatic carbocycles. The lowest BCUT2D eigenvalue weighted by molar-refractivity contribution is -0.138. The molecule has 0 aromatic heterocycles. The van der Waals surface area contributed by atoms with Gasteiger partial charge >= 0.3 is 5.97 Å². The lowest BCUT2D eigenvalue weighted by atomic mass is 10.0. The molecule has 0 bridgehead atoms. The molecule has 4 nitrogen and oxygen atoms in total. The topological polar surface area (TPSA) is 46.6 Å². The molecule has 26 heavy (non-hydrogen) atoms. The number of rotatable bonds is 4. The molecule has 0 saturated heterocycles. The second-order valence-electron chi connectivity index (χ2n) is 5.77. The van der Waals surface area contributed by atoms with Gasteiger partial charge in [0.05, 0.1) is 17.8 Å². The Balaban J connectivity index is 2.13. The molecule has 0 radical (unpaired) electrons. The van der Waals surface area contributed by atoms with Crippen molar-refractivity contribution in [3.8, 4) is 0 Å². The predicted molar refractivity (Wildman–Crippen MR) is 105 cm³/mol. The number of hydrogen-bond donors (Lipinski definition) is 0. The van der Waals surface area contributed by atoms with Crippen LogP contribution in [0.2, 0.25) is 0 Å². The summed E-state index contributed by atoms with van der Waals surface area (Å²) in [5, 5.41) is 0. The number of para-hydroxylation sites is 1. The monoisotopic (exact) mass is 411 g/mol. The highest BCUT2D eigenvalue weighted by molar-refractivity contribution is 9.10. The number of ether oxygens (including phenoxy) is 1. The number of anilines is 1. The summed E-state index contributed by atoms with van der Waals surface area (Å²) in [5.41, 5.74) is 2.76. The van der Waals surface area contributed by atoms with Crippen molar-refractivity contribution in [2.45, 2.75) is 13.8 Å². The molecule has 0 spiro atoms. The molecular weight excluding hydrogens is 394 g/mol. The van der Waals surface area contributed by atoms with Gasteiger partial charge in [0.25, 0.3) is 5.91 Å². The van der Waals surface area contributed by atoms with Crippen LogP contribution < -0.4 is 4.90 Å². The minimum atomic E-state index is -0.488. The van der Waals surface area contributed by atoms with Crippen molar-refractivity contribution in [3.63, 3.8) is 0 Å². The van der Waals surface area contributed by atoms with Crippen molar-refractivity contribution in [2.75, 3.05) is 11.5 Å². The fraction of sp³-hybridized carbons (Fsp3) is 0.143. The Labute approximate surface area is 160 Å². The molecule has 2 aromatic carbocycles. The van der Waals surface area contributed by atoms with Crippen LogP contribution in [-0.2, 0) is 14.3 Å². The fourth-order valence-electron chi connectivity index (χ4n) is 2.93. The second kappa shape index (κ2) is 7.70. The maximum absolute atomic E-state index is 13.1. The summed E-state index contributed by atoms with van der Waals surface area (Å²) in [5.74, 6) is -0.727. The van der Waals surface area contributed by atoms with E-state index < -0.39 is 5.97 Å². The van der Waals surface area contributed by atoms with E-state index >= 15 is 0 Å². The van der Waals surface area contributed by atoms with Crippen LogP contribution in [0.5, 0.6) is 0 Å². The molecule has 132 valence electrons. The highest BCUT2D eigenvalue weighted by atomic mass is 79.9. The third-order valence-electron chi connectivity index (χ3n) is 4.05. The smallest absolute Gasteiger partial charge is 0.340 e. The summed E-state index contributed by atoms with van der Waals surface area (Å²) in [6, 6.07) is 16.8. The molecule has 3 rings (SSSR count). The quantitative estimate of drug-likeness (QED) is 0.540. The van der Waals surface area contributed by atoms with Gasteiger partial charge in [-0.25, -0.2) is 4.79 Å². The van der Waals surface area contributed by atoms with Gasteiger partial charge in [-0.05, 0) is 49.8 Å². The van der Waals surface area contributed by atoms with Gasteiger partial charge in [-0.3, -0.25) is 9.69 Å². The zero-order chi connectivity index (χ0) is 18.7.